The summed E-state index contributed by atoms with van der Waals surface area (Å²) in [6.45, 7) is 1.65. The van der Waals surface area contributed by atoms with Crippen molar-refractivity contribution in [3.05, 3.63) is 54.1 Å². The molecule has 0 unspecified atom stereocenters. The fourth-order valence-corrected chi connectivity index (χ4v) is 3.94. The van der Waals surface area contributed by atoms with Crippen LogP contribution in [-0.4, -0.2) is 34.2 Å². The SMILES string of the molecule is CNC(=O)CN(c1ccc(C)cc1)S(=O)(=O)c1ccc(SC)cc1. The average molecular weight is 364 g/mol. The number of carbonyl (C=O) groups is 1. The van der Waals surface area contributed by atoms with E-state index in [0.29, 0.717) is 5.69 Å². The molecule has 0 atom stereocenters. The van der Waals surface area contributed by atoms with Gasteiger partial charge in [-0.2, -0.15) is 0 Å². The molecule has 0 heterocycles. The first-order valence-corrected chi connectivity index (χ1v) is 9.99. The van der Waals surface area contributed by atoms with Crippen molar-refractivity contribution in [2.24, 2.45) is 0 Å². The summed E-state index contributed by atoms with van der Waals surface area (Å²) in [6, 6.07) is 13.7. The van der Waals surface area contributed by atoms with Gasteiger partial charge < -0.3 is 5.32 Å². The number of nitrogens with one attached hydrogen (secondary N) is 1. The van der Waals surface area contributed by atoms with Crippen LogP contribution in [0, 0.1) is 6.92 Å². The van der Waals surface area contributed by atoms with Gasteiger partial charge >= 0.3 is 0 Å². The van der Waals surface area contributed by atoms with Gasteiger partial charge in [-0.3, -0.25) is 9.10 Å². The molecule has 24 heavy (non-hydrogen) atoms. The molecule has 2 aromatic carbocycles. The van der Waals surface area contributed by atoms with Crippen molar-refractivity contribution in [1.29, 1.82) is 0 Å². The van der Waals surface area contributed by atoms with E-state index in [1.807, 2.05) is 25.3 Å². The topological polar surface area (TPSA) is 66.5 Å². The van der Waals surface area contributed by atoms with Gasteiger partial charge in [0.2, 0.25) is 5.91 Å². The number of thioether (sulfide) groups is 1. The maximum atomic E-state index is 13.0. The standard InChI is InChI=1S/C17H20N2O3S2/c1-13-4-6-14(7-5-13)19(12-17(20)18-2)24(21,22)16-10-8-15(23-3)9-11-16/h4-11H,12H2,1-3H3,(H,18,20). The average Bonchev–Trinajstić information content (AvgIpc) is 2.60. The van der Waals surface area contributed by atoms with Crippen LogP contribution in [0.1, 0.15) is 5.56 Å². The minimum Gasteiger partial charge on any atom is -0.358 e. The Balaban J connectivity index is 2.47. The highest BCUT2D eigenvalue weighted by molar-refractivity contribution is 7.98. The van der Waals surface area contributed by atoms with E-state index in [1.165, 1.54) is 18.8 Å². The van der Waals surface area contributed by atoms with Gasteiger partial charge in [-0.15, -0.1) is 11.8 Å². The lowest BCUT2D eigenvalue weighted by Gasteiger charge is -2.24. The molecule has 2 aromatic rings. The first-order chi connectivity index (χ1) is 11.4. The van der Waals surface area contributed by atoms with E-state index < -0.39 is 10.0 Å². The number of benzene rings is 2. The Kier molecular flexibility index (Phi) is 5.90. The zero-order chi connectivity index (χ0) is 17.7. The van der Waals surface area contributed by atoms with E-state index in [4.69, 9.17) is 0 Å². The van der Waals surface area contributed by atoms with Crippen LogP contribution in [-0.2, 0) is 14.8 Å². The van der Waals surface area contributed by atoms with E-state index in [-0.39, 0.29) is 17.3 Å². The summed E-state index contributed by atoms with van der Waals surface area (Å²) in [7, 11) is -2.35. The van der Waals surface area contributed by atoms with Gasteiger partial charge in [-0.25, -0.2) is 8.42 Å². The Morgan fingerprint density at radius 3 is 2.17 bits per heavy atom. The third-order valence-corrected chi connectivity index (χ3v) is 6.07. The van der Waals surface area contributed by atoms with Crippen molar-refractivity contribution in [2.45, 2.75) is 16.7 Å². The summed E-state index contributed by atoms with van der Waals surface area (Å²) >= 11 is 1.54. The van der Waals surface area contributed by atoms with E-state index >= 15 is 0 Å². The van der Waals surface area contributed by atoms with Gasteiger partial charge in [0.05, 0.1) is 10.6 Å². The first-order valence-electron chi connectivity index (χ1n) is 7.32. The van der Waals surface area contributed by atoms with Gasteiger partial charge in [0.1, 0.15) is 6.54 Å². The highest BCUT2D eigenvalue weighted by atomic mass is 32.2. The van der Waals surface area contributed by atoms with Gasteiger partial charge in [0.25, 0.3) is 10.0 Å². The molecule has 128 valence electrons. The Labute approximate surface area is 147 Å². The number of likely N-dealkylation sites (N-methyl/N-ethyl adjacent to an activating group) is 1. The van der Waals surface area contributed by atoms with Gasteiger partial charge in [0, 0.05) is 11.9 Å². The number of rotatable bonds is 6. The number of nitrogens with zero attached hydrogens (tertiary/aromatic N) is 1. The minimum absolute atomic E-state index is 0.157. The minimum atomic E-state index is -3.83. The lowest BCUT2D eigenvalue weighted by molar-refractivity contribution is -0.119. The summed E-state index contributed by atoms with van der Waals surface area (Å²) in [4.78, 5) is 13.0. The molecule has 0 aliphatic carbocycles. The van der Waals surface area contributed by atoms with Crippen molar-refractivity contribution in [1.82, 2.24) is 5.32 Å². The predicted molar refractivity (Wildman–Crippen MR) is 98.0 cm³/mol. The molecule has 0 bridgehead atoms. The zero-order valence-corrected chi connectivity index (χ0v) is 15.4. The number of anilines is 1. The number of carbonyl (C=O) groups excluding carboxylic acids is 1. The molecule has 5 nitrogen and oxygen atoms in total. The number of amides is 1. The molecule has 0 fully saturated rings. The van der Waals surface area contributed by atoms with Crippen LogP contribution in [0.2, 0.25) is 0 Å². The highest BCUT2D eigenvalue weighted by Crippen LogP contribution is 2.25. The molecular formula is C17H20N2O3S2. The van der Waals surface area contributed by atoms with Crippen molar-refractivity contribution in [3.8, 4) is 0 Å². The number of hydrogen-bond donors (Lipinski definition) is 1. The van der Waals surface area contributed by atoms with Crippen molar-refractivity contribution < 1.29 is 13.2 Å². The molecule has 0 aliphatic rings. The molecule has 0 aliphatic heterocycles. The van der Waals surface area contributed by atoms with Crippen LogP contribution in [0.5, 0.6) is 0 Å². The van der Waals surface area contributed by atoms with Gasteiger partial charge in [-0.05, 0) is 49.6 Å². The second kappa shape index (κ2) is 7.72. The normalized spacial score (nSPS) is 11.1. The Morgan fingerprint density at radius 2 is 1.67 bits per heavy atom. The number of aryl methyl sites for hydroxylation is 1. The quantitative estimate of drug-likeness (QED) is 0.800. The third kappa shape index (κ3) is 4.10. The van der Waals surface area contributed by atoms with Crippen molar-refractivity contribution in [2.75, 3.05) is 24.2 Å². The smallest absolute Gasteiger partial charge is 0.264 e. The summed E-state index contributed by atoms with van der Waals surface area (Å²) < 4.78 is 27.1. The van der Waals surface area contributed by atoms with Gasteiger partial charge in [-0.1, -0.05) is 17.7 Å². The van der Waals surface area contributed by atoms with Crippen molar-refractivity contribution >= 4 is 33.4 Å². The Hall–Kier alpha value is -1.99. The molecule has 0 spiro atoms. The Bertz CT molecular complexity index is 801. The van der Waals surface area contributed by atoms with Crippen LogP contribution in [0.3, 0.4) is 0 Å². The molecule has 0 saturated carbocycles. The molecule has 2 rings (SSSR count). The molecule has 1 N–H and O–H groups in total. The van der Waals surface area contributed by atoms with Crippen molar-refractivity contribution in [3.63, 3.8) is 0 Å². The lowest BCUT2D eigenvalue weighted by Crippen LogP contribution is -2.39. The summed E-state index contributed by atoms with van der Waals surface area (Å²) in [5.74, 6) is -0.375. The fraction of sp³-hybridized carbons (Fsp3) is 0.235. The molecule has 0 radical (unpaired) electrons. The first kappa shape index (κ1) is 18.4. The largest absolute Gasteiger partial charge is 0.358 e. The van der Waals surface area contributed by atoms with E-state index in [9.17, 15) is 13.2 Å². The van der Waals surface area contributed by atoms with Crippen LogP contribution < -0.4 is 9.62 Å². The zero-order valence-electron chi connectivity index (χ0n) is 13.8. The summed E-state index contributed by atoms with van der Waals surface area (Å²) in [6.07, 6.45) is 1.92. The molecule has 7 heteroatoms. The summed E-state index contributed by atoms with van der Waals surface area (Å²) in [5.41, 5.74) is 1.47. The maximum Gasteiger partial charge on any atom is 0.264 e. The van der Waals surface area contributed by atoms with E-state index in [0.717, 1.165) is 14.8 Å². The summed E-state index contributed by atoms with van der Waals surface area (Å²) in [5, 5.41) is 2.47. The van der Waals surface area contributed by atoms with Crippen LogP contribution in [0.4, 0.5) is 5.69 Å². The molecule has 1 amide bonds. The van der Waals surface area contributed by atoms with Crippen LogP contribution in [0.25, 0.3) is 0 Å². The maximum absolute atomic E-state index is 13.0. The number of hydrogen-bond acceptors (Lipinski definition) is 4. The molecular weight excluding hydrogens is 344 g/mol. The van der Waals surface area contributed by atoms with Gasteiger partial charge in [0.15, 0.2) is 0 Å². The second-order valence-corrected chi connectivity index (χ2v) is 7.94. The molecule has 0 saturated heterocycles. The predicted octanol–water partition coefficient (Wildman–Crippen LogP) is 2.66. The lowest BCUT2D eigenvalue weighted by atomic mass is 10.2. The third-order valence-electron chi connectivity index (χ3n) is 3.54. The number of sulfonamides is 1. The van der Waals surface area contributed by atoms with E-state index in [2.05, 4.69) is 5.32 Å². The Morgan fingerprint density at radius 1 is 1.08 bits per heavy atom. The second-order valence-electron chi connectivity index (χ2n) is 5.20. The highest BCUT2D eigenvalue weighted by Gasteiger charge is 2.26. The van der Waals surface area contributed by atoms with Crippen LogP contribution >= 0.6 is 11.8 Å². The van der Waals surface area contributed by atoms with Crippen LogP contribution in [0.15, 0.2) is 58.3 Å². The monoisotopic (exact) mass is 364 g/mol. The molecule has 0 aromatic heterocycles. The van der Waals surface area contributed by atoms with E-state index in [1.54, 1.807) is 36.4 Å². The fourth-order valence-electron chi connectivity index (χ4n) is 2.11.